The number of para-hydroxylation sites is 1. The molecule has 7 nitrogen and oxygen atoms in total. The fourth-order valence-corrected chi connectivity index (χ4v) is 1.29. The SMILES string of the molecule is C[N+]1=NN(c2ccccc2)CC1.[O-][Cl+3]([O-])([O-])[O-]. The van der Waals surface area contributed by atoms with Gasteiger partial charge in [-0.1, -0.05) is 18.2 Å². The molecule has 8 heteroatoms. The lowest BCUT2D eigenvalue weighted by molar-refractivity contribution is -2.00. The molecule has 17 heavy (non-hydrogen) atoms. The van der Waals surface area contributed by atoms with Crippen LogP contribution in [0.2, 0.25) is 0 Å². The molecule has 0 aliphatic carbocycles. The molecule has 2 rings (SSSR count). The maximum Gasteiger partial charge on any atom is 0.153 e. The maximum atomic E-state index is 8.49. The van der Waals surface area contributed by atoms with Gasteiger partial charge < -0.3 is 0 Å². The molecule has 1 aromatic rings. The first-order valence-electron chi connectivity index (χ1n) is 4.73. The van der Waals surface area contributed by atoms with E-state index in [-0.39, 0.29) is 0 Å². The van der Waals surface area contributed by atoms with Gasteiger partial charge in [0.15, 0.2) is 6.54 Å². The van der Waals surface area contributed by atoms with Gasteiger partial charge in [0.25, 0.3) is 0 Å². The van der Waals surface area contributed by atoms with E-state index >= 15 is 0 Å². The van der Waals surface area contributed by atoms with Gasteiger partial charge in [-0.2, -0.15) is 4.70 Å². The van der Waals surface area contributed by atoms with Crippen LogP contribution in [0.25, 0.3) is 0 Å². The molecular formula is C9H12ClN3O4. The first kappa shape index (κ1) is 13.8. The highest BCUT2D eigenvalue weighted by atomic mass is 35.7. The quantitative estimate of drug-likeness (QED) is 0.493. The average Bonchev–Trinajstić information content (AvgIpc) is 2.64. The summed E-state index contributed by atoms with van der Waals surface area (Å²) in [7, 11) is -2.96. The van der Waals surface area contributed by atoms with Gasteiger partial charge in [-0.05, 0) is 12.1 Å². The minimum atomic E-state index is -4.94. The zero-order valence-corrected chi connectivity index (χ0v) is 9.91. The van der Waals surface area contributed by atoms with Crippen LogP contribution in [-0.2, 0) is 0 Å². The molecule has 0 fully saturated rings. The van der Waals surface area contributed by atoms with E-state index in [1.54, 1.807) is 0 Å². The Hall–Kier alpha value is -1.25. The molecule has 94 valence electrons. The highest BCUT2D eigenvalue weighted by molar-refractivity contribution is 5.44. The van der Waals surface area contributed by atoms with Crippen LogP contribution in [0.3, 0.4) is 0 Å². The topological polar surface area (TPSA) is 111 Å². The monoisotopic (exact) mass is 261 g/mol. The first-order chi connectivity index (χ1) is 7.86. The molecule has 1 aliphatic heterocycles. The minimum Gasteiger partial charge on any atom is -0.222 e. The molecule has 0 bridgehead atoms. The van der Waals surface area contributed by atoms with Crippen LogP contribution < -0.4 is 23.6 Å². The third-order valence-electron chi connectivity index (χ3n) is 1.95. The summed E-state index contributed by atoms with van der Waals surface area (Å²) in [6.45, 7) is 2.00. The molecule has 0 amide bonds. The summed E-state index contributed by atoms with van der Waals surface area (Å²) in [5, 5.41) is 6.34. The predicted octanol–water partition coefficient (Wildman–Crippen LogP) is -3.24. The van der Waals surface area contributed by atoms with Gasteiger partial charge in [0.1, 0.15) is 12.2 Å². The number of nitrogens with zero attached hydrogens (tertiary/aromatic N) is 3. The summed E-state index contributed by atoms with van der Waals surface area (Å²) in [6, 6.07) is 10.2. The van der Waals surface area contributed by atoms with Crippen LogP contribution in [0.1, 0.15) is 0 Å². The average molecular weight is 262 g/mol. The Morgan fingerprint density at radius 2 is 1.71 bits per heavy atom. The molecule has 0 radical (unpaired) electrons. The van der Waals surface area contributed by atoms with Crippen molar-refractivity contribution < 1.29 is 33.6 Å². The van der Waals surface area contributed by atoms with Crippen LogP contribution >= 0.6 is 0 Å². The van der Waals surface area contributed by atoms with E-state index in [1.807, 2.05) is 35.0 Å². The predicted molar refractivity (Wildman–Crippen MR) is 47.3 cm³/mol. The Bertz CT molecular complexity index is 374. The number of benzene rings is 1. The van der Waals surface area contributed by atoms with E-state index in [2.05, 4.69) is 17.4 Å². The van der Waals surface area contributed by atoms with E-state index in [9.17, 15) is 0 Å². The van der Waals surface area contributed by atoms with Crippen molar-refractivity contribution in [2.24, 2.45) is 5.22 Å². The van der Waals surface area contributed by atoms with Crippen molar-refractivity contribution in [3.8, 4) is 0 Å². The van der Waals surface area contributed by atoms with Gasteiger partial charge in [0.2, 0.25) is 0 Å². The standard InChI is InChI=1S/C9H12N3.ClHO4/c1-11-7-8-12(10-11)9-5-3-2-4-6-9;2-1(3,4)5/h2-6H,7-8H2,1H3;(H,2,3,4,5)/q+1;/p-1. The highest BCUT2D eigenvalue weighted by Gasteiger charge is 2.20. The van der Waals surface area contributed by atoms with Crippen LogP contribution in [0.4, 0.5) is 5.69 Å². The second-order valence-electron chi connectivity index (χ2n) is 3.31. The molecule has 0 aromatic heterocycles. The lowest BCUT2D eigenvalue weighted by Gasteiger charge is -2.17. The summed E-state index contributed by atoms with van der Waals surface area (Å²) < 4.78 is 35.9. The second-order valence-corrected chi connectivity index (χ2v) is 4.06. The minimum absolute atomic E-state index is 0.987. The fraction of sp³-hybridized carbons (Fsp3) is 0.333. The summed E-state index contributed by atoms with van der Waals surface area (Å²) in [5.74, 6) is 0. The Balaban J connectivity index is 0.000000249. The number of likely N-dealkylation sites (N-methyl/N-ethyl adjacent to an activating group) is 1. The Kier molecular flexibility index (Phi) is 4.79. The number of hydrogen-bond acceptors (Lipinski definition) is 6. The Morgan fingerprint density at radius 3 is 2.12 bits per heavy atom. The van der Waals surface area contributed by atoms with Gasteiger partial charge in [-0.3, -0.25) is 0 Å². The van der Waals surface area contributed by atoms with Crippen LogP contribution in [-0.4, -0.2) is 24.8 Å². The van der Waals surface area contributed by atoms with Crippen LogP contribution in [0.5, 0.6) is 0 Å². The molecular weight excluding hydrogens is 250 g/mol. The van der Waals surface area contributed by atoms with Gasteiger partial charge in [0, 0.05) is 0 Å². The molecule has 0 saturated carbocycles. The van der Waals surface area contributed by atoms with Crippen LogP contribution in [0.15, 0.2) is 35.6 Å². The van der Waals surface area contributed by atoms with Gasteiger partial charge in [0.05, 0.1) is 12.3 Å². The molecule has 1 aromatic carbocycles. The third kappa shape index (κ3) is 6.15. The van der Waals surface area contributed by atoms with Gasteiger partial charge >= 0.3 is 0 Å². The molecule has 1 aliphatic rings. The normalized spacial score (nSPS) is 15.1. The number of halogens is 1. The summed E-state index contributed by atoms with van der Waals surface area (Å²) in [5.41, 5.74) is 1.17. The Morgan fingerprint density at radius 1 is 1.18 bits per heavy atom. The molecule has 0 N–H and O–H groups in total. The van der Waals surface area contributed by atoms with E-state index in [1.165, 1.54) is 5.69 Å². The summed E-state index contributed by atoms with van der Waals surface area (Å²) in [6.07, 6.45) is 0. The van der Waals surface area contributed by atoms with Crippen LogP contribution in [0, 0.1) is 10.2 Å². The van der Waals surface area contributed by atoms with E-state index in [4.69, 9.17) is 18.6 Å². The summed E-state index contributed by atoms with van der Waals surface area (Å²) in [4.78, 5) is 0. The molecule has 0 unspecified atom stereocenters. The zero-order valence-electron chi connectivity index (χ0n) is 9.15. The van der Waals surface area contributed by atoms with Crippen molar-refractivity contribution >= 4 is 5.69 Å². The molecule has 0 spiro atoms. The van der Waals surface area contributed by atoms with Crippen molar-refractivity contribution in [1.82, 2.24) is 0 Å². The van der Waals surface area contributed by atoms with E-state index in [0.29, 0.717) is 0 Å². The second kappa shape index (κ2) is 5.89. The van der Waals surface area contributed by atoms with Crippen molar-refractivity contribution in [1.29, 1.82) is 0 Å². The van der Waals surface area contributed by atoms with Crippen molar-refractivity contribution in [3.63, 3.8) is 0 Å². The van der Waals surface area contributed by atoms with Gasteiger partial charge in [-0.15, -0.1) is 15.3 Å². The van der Waals surface area contributed by atoms with Crippen molar-refractivity contribution in [2.75, 3.05) is 25.1 Å². The number of hydrogen-bond donors (Lipinski definition) is 0. The van der Waals surface area contributed by atoms with Gasteiger partial charge in [-0.25, -0.2) is 18.6 Å². The van der Waals surface area contributed by atoms with Crippen molar-refractivity contribution in [3.05, 3.63) is 30.3 Å². The largest absolute Gasteiger partial charge is 0.222 e. The number of anilines is 1. The first-order valence-corrected chi connectivity index (χ1v) is 5.97. The maximum absolute atomic E-state index is 8.49. The molecule has 1 heterocycles. The fourth-order valence-electron chi connectivity index (χ4n) is 1.29. The zero-order chi connectivity index (χ0) is 12.9. The molecule has 0 saturated heterocycles. The smallest absolute Gasteiger partial charge is 0.153 e. The molecule has 0 atom stereocenters. The lowest BCUT2D eigenvalue weighted by Crippen LogP contribution is -2.68. The van der Waals surface area contributed by atoms with E-state index < -0.39 is 10.2 Å². The summed E-state index contributed by atoms with van der Waals surface area (Å²) >= 11 is 0. The third-order valence-corrected chi connectivity index (χ3v) is 1.95. The Labute approximate surface area is 101 Å². The number of rotatable bonds is 1. The van der Waals surface area contributed by atoms with Crippen molar-refractivity contribution in [2.45, 2.75) is 0 Å². The lowest BCUT2D eigenvalue weighted by atomic mass is 10.3. The van der Waals surface area contributed by atoms with E-state index in [0.717, 1.165) is 13.1 Å². The highest BCUT2D eigenvalue weighted by Crippen LogP contribution is 2.15.